The average molecular weight is 282 g/mol. The van der Waals surface area contributed by atoms with Crippen LogP contribution >= 0.6 is 11.6 Å². The van der Waals surface area contributed by atoms with Crippen molar-refractivity contribution in [3.8, 4) is 11.5 Å². The van der Waals surface area contributed by atoms with Crippen LogP contribution in [0.1, 0.15) is 30.9 Å². The van der Waals surface area contributed by atoms with Crippen LogP contribution in [0.4, 0.5) is 0 Å². The first-order valence-electron chi connectivity index (χ1n) is 7.12. The fraction of sp³-hybridized carbons (Fsp3) is 0.600. The Morgan fingerprint density at radius 3 is 2.89 bits per heavy atom. The fourth-order valence-electron chi connectivity index (χ4n) is 3.03. The Balaban J connectivity index is 1.97. The van der Waals surface area contributed by atoms with E-state index in [2.05, 4.69) is 12.2 Å². The highest BCUT2D eigenvalue weighted by atomic mass is 35.5. The predicted molar refractivity (Wildman–Crippen MR) is 76.5 cm³/mol. The zero-order valence-electron chi connectivity index (χ0n) is 11.3. The van der Waals surface area contributed by atoms with Gasteiger partial charge in [-0.15, -0.1) is 0 Å². The van der Waals surface area contributed by atoms with Crippen LogP contribution in [-0.2, 0) is 12.8 Å². The largest absolute Gasteiger partial charge is 0.486 e. The molecule has 104 valence electrons. The first-order chi connectivity index (χ1) is 9.29. The minimum Gasteiger partial charge on any atom is -0.486 e. The molecule has 3 nitrogen and oxygen atoms in total. The molecule has 1 atom stereocenters. The Kier molecular flexibility index (Phi) is 3.85. The molecule has 2 aliphatic heterocycles. The SMILES string of the molecule is CCc1c(CC2CCCN2)c(Cl)cc2c1OCCO2. The second-order valence-electron chi connectivity index (χ2n) is 5.19. The molecular formula is C15H20ClNO2. The highest BCUT2D eigenvalue weighted by Crippen LogP contribution is 2.41. The highest BCUT2D eigenvalue weighted by Gasteiger charge is 2.24. The van der Waals surface area contributed by atoms with Crippen LogP contribution < -0.4 is 14.8 Å². The van der Waals surface area contributed by atoms with E-state index < -0.39 is 0 Å². The lowest BCUT2D eigenvalue weighted by atomic mass is 9.96. The summed E-state index contributed by atoms with van der Waals surface area (Å²) in [5, 5.41) is 4.35. The lowest BCUT2D eigenvalue weighted by Crippen LogP contribution is -2.25. The van der Waals surface area contributed by atoms with E-state index in [-0.39, 0.29) is 0 Å². The van der Waals surface area contributed by atoms with Gasteiger partial charge in [0.2, 0.25) is 0 Å². The molecule has 1 unspecified atom stereocenters. The minimum atomic E-state index is 0.547. The number of ether oxygens (including phenoxy) is 2. The van der Waals surface area contributed by atoms with Crippen molar-refractivity contribution < 1.29 is 9.47 Å². The lowest BCUT2D eigenvalue weighted by Gasteiger charge is -2.24. The maximum absolute atomic E-state index is 6.46. The van der Waals surface area contributed by atoms with E-state index >= 15 is 0 Å². The molecule has 1 saturated heterocycles. The van der Waals surface area contributed by atoms with Gasteiger partial charge in [0.15, 0.2) is 11.5 Å². The molecule has 1 aromatic rings. The Hall–Kier alpha value is -0.930. The van der Waals surface area contributed by atoms with Crippen molar-refractivity contribution in [3.63, 3.8) is 0 Å². The van der Waals surface area contributed by atoms with Gasteiger partial charge in [0.05, 0.1) is 0 Å². The number of nitrogens with one attached hydrogen (secondary N) is 1. The standard InChI is InChI=1S/C15H20ClNO2/c1-2-11-12(8-10-4-3-5-17-10)13(16)9-14-15(11)19-7-6-18-14/h9-10,17H,2-8H2,1H3. The second-order valence-corrected chi connectivity index (χ2v) is 5.60. The third-order valence-electron chi connectivity index (χ3n) is 3.96. The van der Waals surface area contributed by atoms with Gasteiger partial charge in [-0.2, -0.15) is 0 Å². The smallest absolute Gasteiger partial charge is 0.164 e. The van der Waals surface area contributed by atoms with E-state index in [1.165, 1.54) is 24.0 Å². The Morgan fingerprint density at radius 2 is 2.16 bits per heavy atom. The normalized spacial score (nSPS) is 21.7. The van der Waals surface area contributed by atoms with Gasteiger partial charge < -0.3 is 14.8 Å². The Bertz CT molecular complexity index is 470. The lowest BCUT2D eigenvalue weighted by molar-refractivity contribution is 0.170. The zero-order valence-corrected chi connectivity index (χ0v) is 12.1. The van der Waals surface area contributed by atoms with Crippen LogP contribution in [-0.4, -0.2) is 25.8 Å². The van der Waals surface area contributed by atoms with Gasteiger partial charge in [-0.05, 0) is 37.8 Å². The van der Waals surface area contributed by atoms with E-state index in [4.69, 9.17) is 21.1 Å². The van der Waals surface area contributed by atoms with Crippen molar-refractivity contribution in [1.29, 1.82) is 0 Å². The summed E-state index contributed by atoms with van der Waals surface area (Å²) in [5.74, 6) is 1.71. The summed E-state index contributed by atoms with van der Waals surface area (Å²) < 4.78 is 11.4. The minimum absolute atomic E-state index is 0.547. The molecule has 1 aromatic carbocycles. The van der Waals surface area contributed by atoms with Crippen LogP contribution in [0, 0.1) is 0 Å². The summed E-state index contributed by atoms with van der Waals surface area (Å²) in [5.41, 5.74) is 2.45. The summed E-state index contributed by atoms with van der Waals surface area (Å²) in [7, 11) is 0. The molecule has 1 N–H and O–H groups in total. The second kappa shape index (κ2) is 5.59. The van der Waals surface area contributed by atoms with Gasteiger partial charge in [-0.25, -0.2) is 0 Å². The van der Waals surface area contributed by atoms with Gasteiger partial charge >= 0.3 is 0 Å². The van der Waals surface area contributed by atoms with Crippen LogP contribution in [0.25, 0.3) is 0 Å². The molecule has 2 aliphatic rings. The molecule has 0 radical (unpaired) electrons. The van der Waals surface area contributed by atoms with Crippen molar-refractivity contribution in [2.24, 2.45) is 0 Å². The third-order valence-corrected chi connectivity index (χ3v) is 4.30. The number of halogens is 1. The van der Waals surface area contributed by atoms with E-state index in [1.54, 1.807) is 0 Å². The van der Waals surface area contributed by atoms with E-state index in [9.17, 15) is 0 Å². The number of hydrogen-bond donors (Lipinski definition) is 1. The topological polar surface area (TPSA) is 30.5 Å². The van der Waals surface area contributed by atoms with Crippen molar-refractivity contribution in [1.82, 2.24) is 5.32 Å². The van der Waals surface area contributed by atoms with Gasteiger partial charge in [0, 0.05) is 22.7 Å². The van der Waals surface area contributed by atoms with Crippen molar-refractivity contribution >= 4 is 11.6 Å². The van der Waals surface area contributed by atoms with Crippen molar-refractivity contribution in [3.05, 3.63) is 22.2 Å². The Labute approximate surface area is 119 Å². The summed E-state index contributed by atoms with van der Waals surface area (Å²) in [6.07, 6.45) is 4.40. The monoisotopic (exact) mass is 281 g/mol. The number of hydrogen-bond acceptors (Lipinski definition) is 3. The molecule has 0 amide bonds. The molecule has 19 heavy (non-hydrogen) atoms. The molecule has 4 heteroatoms. The molecule has 0 saturated carbocycles. The van der Waals surface area contributed by atoms with Gasteiger partial charge in [-0.1, -0.05) is 18.5 Å². The molecular weight excluding hydrogens is 262 g/mol. The first-order valence-corrected chi connectivity index (χ1v) is 7.50. The molecule has 2 heterocycles. The maximum Gasteiger partial charge on any atom is 0.164 e. The van der Waals surface area contributed by atoms with Crippen LogP contribution in [0.5, 0.6) is 11.5 Å². The van der Waals surface area contributed by atoms with Crippen molar-refractivity contribution in [2.75, 3.05) is 19.8 Å². The molecule has 0 aromatic heterocycles. The highest BCUT2D eigenvalue weighted by molar-refractivity contribution is 6.31. The molecule has 0 spiro atoms. The van der Waals surface area contributed by atoms with Crippen LogP contribution in [0.2, 0.25) is 5.02 Å². The number of fused-ring (bicyclic) bond motifs is 1. The summed E-state index contributed by atoms with van der Waals surface area (Å²) in [6, 6.07) is 2.46. The predicted octanol–water partition coefficient (Wildman–Crippen LogP) is 2.97. The number of benzene rings is 1. The van der Waals surface area contributed by atoms with Crippen LogP contribution in [0.15, 0.2) is 6.07 Å². The van der Waals surface area contributed by atoms with E-state index in [1.807, 2.05) is 6.07 Å². The summed E-state index contributed by atoms with van der Waals surface area (Å²) >= 11 is 6.46. The van der Waals surface area contributed by atoms with Gasteiger partial charge in [0.1, 0.15) is 13.2 Å². The van der Waals surface area contributed by atoms with Crippen LogP contribution in [0.3, 0.4) is 0 Å². The van der Waals surface area contributed by atoms with E-state index in [0.29, 0.717) is 19.3 Å². The quantitative estimate of drug-likeness (QED) is 0.924. The first kappa shape index (κ1) is 13.1. The van der Waals surface area contributed by atoms with E-state index in [0.717, 1.165) is 35.9 Å². The molecule has 0 bridgehead atoms. The zero-order chi connectivity index (χ0) is 13.2. The molecule has 0 aliphatic carbocycles. The summed E-state index contributed by atoms with van der Waals surface area (Å²) in [4.78, 5) is 0. The average Bonchev–Trinajstić information content (AvgIpc) is 2.92. The molecule has 3 rings (SSSR count). The Morgan fingerprint density at radius 1 is 1.32 bits per heavy atom. The van der Waals surface area contributed by atoms with Crippen molar-refractivity contribution in [2.45, 2.75) is 38.6 Å². The summed E-state index contributed by atoms with van der Waals surface area (Å²) in [6.45, 7) is 4.50. The maximum atomic E-state index is 6.46. The fourth-order valence-corrected chi connectivity index (χ4v) is 3.32. The van der Waals surface area contributed by atoms with Gasteiger partial charge in [-0.3, -0.25) is 0 Å². The van der Waals surface area contributed by atoms with Gasteiger partial charge in [0.25, 0.3) is 0 Å². The molecule has 1 fully saturated rings. The third kappa shape index (κ3) is 2.54. The number of rotatable bonds is 3.